The second-order valence-corrected chi connectivity index (χ2v) is 5.92. The van der Waals surface area contributed by atoms with Crippen LogP contribution in [0.25, 0.3) is 0 Å². The van der Waals surface area contributed by atoms with Crippen molar-refractivity contribution in [3.63, 3.8) is 0 Å². The van der Waals surface area contributed by atoms with Crippen molar-refractivity contribution in [1.82, 2.24) is 0 Å². The maximum Gasteiger partial charge on any atom is 0.163 e. The number of carbonyl (C=O) groups excluding carboxylic acids is 1. The van der Waals surface area contributed by atoms with Gasteiger partial charge in [0.2, 0.25) is 0 Å². The van der Waals surface area contributed by atoms with Gasteiger partial charge in [0.25, 0.3) is 0 Å². The van der Waals surface area contributed by atoms with E-state index in [-0.39, 0.29) is 5.78 Å². The third-order valence-electron chi connectivity index (χ3n) is 2.54. The summed E-state index contributed by atoms with van der Waals surface area (Å²) in [6.45, 7) is 6.36. The number of thioether (sulfide) groups is 1. The van der Waals surface area contributed by atoms with Crippen LogP contribution in [0.15, 0.2) is 29.2 Å². The molecule has 0 fully saturated rings. The minimum absolute atomic E-state index is 0.255. The summed E-state index contributed by atoms with van der Waals surface area (Å²) in [6, 6.07) is 8.04. The molecular formula is C15H22OS. The molecular weight excluding hydrogens is 228 g/mol. The molecule has 2 heteroatoms. The number of ketones is 1. The van der Waals surface area contributed by atoms with Crippen molar-refractivity contribution < 1.29 is 4.79 Å². The number of unbranched alkanes of at least 4 members (excludes halogenated alkanes) is 1. The number of rotatable bonds is 7. The Bertz CT molecular complexity index is 340. The van der Waals surface area contributed by atoms with Crippen molar-refractivity contribution in [3.8, 4) is 0 Å². The van der Waals surface area contributed by atoms with Gasteiger partial charge in [-0.3, -0.25) is 4.79 Å². The molecule has 0 atom stereocenters. The van der Waals surface area contributed by atoms with Crippen molar-refractivity contribution in [1.29, 1.82) is 0 Å². The smallest absolute Gasteiger partial charge is 0.163 e. The number of benzene rings is 1. The molecule has 0 N–H and O–H groups in total. The first-order valence-electron chi connectivity index (χ1n) is 6.39. The summed E-state index contributed by atoms with van der Waals surface area (Å²) in [6.07, 6.45) is 3.12. The average Bonchev–Trinajstić information content (AvgIpc) is 2.29. The van der Waals surface area contributed by atoms with E-state index in [4.69, 9.17) is 0 Å². The fraction of sp³-hybridized carbons (Fsp3) is 0.533. The second-order valence-electron chi connectivity index (χ2n) is 4.75. The third kappa shape index (κ3) is 5.40. The average molecular weight is 250 g/mol. The quantitative estimate of drug-likeness (QED) is 0.392. The SMILES string of the molecule is CCCCSc1ccc(C(=O)CC(C)C)cc1. The van der Waals surface area contributed by atoms with Crippen molar-refractivity contribution in [2.45, 2.75) is 44.9 Å². The molecule has 0 aliphatic heterocycles. The first-order chi connectivity index (χ1) is 8.13. The summed E-state index contributed by atoms with van der Waals surface area (Å²) in [5, 5.41) is 0. The molecule has 0 heterocycles. The van der Waals surface area contributed by atoms with Gasteiger partial charge in [-0.05, 0) is 30.2 Å². The van der Waals surface area contributed by atoms with Gasteiger partial charge in [-0.1, -0.05) is 39.3 Å². The van der Waals surface area contributed by atoms with E-state index in [2.05, 4.69) is 32.9 Å². The summed E-state index contributed by atoms with van der Waals surface area (Å²) in [5.41, 5.74) is 0.846. The molecule has 0 aliphatic carbocycles. The maximum atomic E-state index is 11.8. The van der Waals surface area contributed by atoms with Gasteiger partial charge in [-0.2, -0.15) is 0 Å². The molecule has 0 spiro atoms. The molecule has 1 aromatic rings. The molecule has 94 valence electrons. The van der Waals surface area contributed by atoms with E-state index >= 15 is 0 Å². The Hall–Kier alpha value is -0.760. The van der Waals surface area contributed by atoms with Gasteiger partial charge in [-0.25, -0.2) is 0 Å². The van der Waals surface area contributed by atoms with Crippen LogP contribution in [0.2, 0.25) is 0 Å². The lowest BCUT2D eigenvalue weighted by Gasteiger charge is -2.05. The second kappa shape index (κ2) is 7.54. The van der Waals surface area contributed by atoms with Gasteiger partial charge in [0.15, 0.2) is 5.78 Å². The van der Waals surface area contributed by atoms with E-state index in [1.807, 2.05) is 23.9 Å². The summed E-state index contributed by atoms with van der Waals surface area (Å²) in [7, 11) is 0. The van der Waals surface area contributed by atoms with Crippen LogP contribution in [0.1, 0.15) is 50.4 Å². The first kappa shape index (κ1) is 14.3. The Balaban J connectivity index is 2.52. The zero-order chi connectivity index (χ0) is 12.7. The van der Waals surface area contributed by atoms with E-state index < -0.39 is 0 Å². The van der Waals surface area contributed by atoms with Crippen molar-refractivity contribution in [2.24, 2.45) is 5.92 Å². The summed E-state index contributed by atoms with van der Waals surface area (Å²) < 4.78 is 0. The molecule has 1 aromatic carbocycles. The lowest BCUT2D eigenvalue weighted by Crippen LogP contribution is -2.03. The number of hydrogen-bond acceptors (Lipinski definition) is 2. The molecule has 0 amide bonds. The van der Waals surface area contributed by atoms with Gasteiger partial charge in [0, 0.05) is 16.9 Å². The first-order valence-corrected chi connectivity index (χ1v) is 7.38. The third-order valence-corrected chi connectivity index (χ3v) is 3.63. The molecule has 1 rings (SSSR count). The molecule has 0 unspecified atom stereocenters. The highest BCUT2D eigenvalue weighted by molar-refractivity contribution is 7.99. The van der Waals surface area contributed by atoms with Crippen LogP contribution >= 0.6 is 11.8 Å². The van der Waals surface area contributed by atoms with Crippen molar-refractivity contribution >= 4 is 17.5 Å². The highest BCUT2D eigenvalue weighted by atomic mass is 32.2. The van der Waals surface area contributed by atoms with Gasteiger partial charge in [0.1, 0.15) is 0 Å². The monoisotopic (exact) mass is 250 g/mol. The van der Waals surface area contributed by atoms with E-state index in [1.54, 1.807) is 0 Å². The lowest BCUT2D eigenvalue weighted by atomic mass is 10.0. The zero-order valence-electron chi connectivity index (χ0n) is 11.0. The normalized spacial score (nSPS) is 10.8. The summed E-state index contributed by atoms with van der Waals surface area (Å²) in [4.78, 5) is 13.1. The largest absolute Gasteiger partial charge is 0.294 e. The Morgan fingerprint density at radius 3 is 2.41 bits per heavy atom. The highest BCUT2D eigenvalue weighted by Crippen LogP contribution is 2.20. The summed E-state index contributed by atoms with van der Waals surface area (Å²) in [5.74, 6) is 1.85. The fourth-order valence-corrected chi connectivity index (χ4v) is 2.56. The molecule has 0 saturated heterocycles. The minimum atomic E-state index is 0.255. The van der Waals surface area contributed by atoms with Gasteiger partial charge in [-0.15, -0.1) is 11.8 Å². The van der Waals surface area contributed by atoms with Gasteiger partial charge < -0.3 is 0 Å². The van der Waals surface area contributed by atoms with Crippen LogP contribution in [-0.2, 0) is 0 Å². The molecule has 0 aromatic heterocycles. The van der Waals surface area contributed by atoms with E-state index in [0.717, 1.165) is 11.3 Å². The molecule has 17 heavy (non-hydrogen) atoms. The molecule has 0 aliphatic rings. The van der Waals surface area contributed by atoms with E-state index in [0.29, 0.717) is 12.3 Å². The Labute approximate surface area is 109 Å². The van der Waals surface area contributed by atoms with Crippen molar-refractivity contribution in [2.75, 3.05) is 5.75 Å². The highest BCUT2D eigenvalue weighted by Gasteiger charge is 2.07. The Kier molecular flexibility index (Phi) is 6.35. The molecule has 0 saturated carbocycles. The fourth-order valence-electron chi connectivity index (χ4n) is 1.56. The van der Waals surface area contributed by atoms with Crippen LogP contribution in [0.5, 0.6) is 0 Å². The van der Waals surface area contributed by atoms with E-state index in [9.17, 15) is 4.79 Å². The predicted molar refractivity (Wildman–Crippen MR) is 75.9 cm³/mol. The van der Waals surface area contributed by atoms with E-state index in [1.165, 1.54) is 17.7 Å². The maximum absolute atomic E-state index is 11.8. The van der Waals surface area contributed by atoms with Crippen molar-refractivity contribution in [3.05, 3.63) is 29.8 Å². The lowest BCUT2D eigenvalue weighted by molar-refractivity contribution is 0.0968. The number of carbonyl (C=O) groups is 1. The number of hydrogen-bond donors (Lipinski definition) is 0. The summed E-state index contributed by atoms with van der Waals surface area (Å²) >= 11 is 1.87. The Morgan fingerprint density at radius 2 is 1.88 bits per heavy atom. The molecule has 0 radical (unpaired) electrons. The van der Waals surface area contributed by atoms with Crippen LogP contribution < -0.4 is 0 Å². The van der Waals surface area contributed by atoms with Gasteiger partial charge >= 0.3 is 0 Å². The van der Waals surface area contributed by atoms with Crippen LogP contribution in [0.4, 0.5) is 0 Å². The minimum Gasteiger partial charge on any atom is -0.294 e. The Morgan fingerprint density at radius 1 is 1.24 bits per heavy atom. The molecule has 0 bridgehead atoms. The van der Waals surface area contributed by atoms with Crippen LogP contribution in [0, 0.1) is 5.92 Å². The number of Topliss-reactive ketones (excluding diaryl/α,β-unsaturated/α-hetero) is 1. The topological polar surface area (TPSA) is 17.1 Å². The molecule has 1 nitrogen and oxygen atoms in total. The van der Waals surface area contributed by atoms with Crippen LogP contribution in [0.3, 0.4) is 0 Å². The van der Waals surface area contributed by atoms with Crippen LogP contribution in [-0.4, -0.2) is 11.5 Å². The predicted octanol–water partition coefficient (Wildman–Crippen LogP) is 4.81. The standard InChI is InChI=1S/C15H22OS/c1-4-5-10-17-14-8-6-13(7-9-14)15(16)11-12(2)3/h6-9,12H,4-5,10-11H2,1-3H3. The zero-order valence-corrected chi connectivity index (χ0v) is 11.8. The van der Waals surface area contributed by atoms with Gasteiger partial charge in [0.05, 0.1) is 0 Å².